The third-order valence-electron chi connectivity index (χ3n) is 2.70. The van der Waals surface area contributed by atoms with Gasteiger partial charge >= 0.3 is 5.97 Å². The van der Waals surface area contributed by atoms with E-state index in [9.17, 15) is 9.18 Å². The molecule has 0 spiro atoms. The van der Waals surface area contributed by atoms with Gasteiger partial charge in [-0.2, -0.15) is 0 Å². The van der Waals surface area contributed by atoms with Crippen molar-refractivity contribution in [3.63, 3.8) is 0 Å². The van der Waals surface area contributed by atoms with Gasteiger partial charge in [0, 0.05) is 0 Å². The average Bonchev–Trinajstić information content (AvgIpc) is 2.83. The molecule has 0 N–H and O–H groups in total. The average molecular weight is 263 g/mol. The van der Waals surface area contributed by atoms with Crippen molar-refractivity contribution in [3.05, 3.63) is 41.5 Å². The largest absolute Gasteiger partial charge is 0.464 e. The van der Waals surface area contributed by atoms with Gasteiger partial charge in [-0.3, -0.25) is 0 Å². The summed E-state index contributed by atoms with van der Waals surface area (Å²) in [4.78, 5) is 11.6. The molecule has 1 aromatic carbocycles. The van der Waals surface area contributed by atoms with Gasteiger partial charge < -0.3 is 4.74 Å². The maximum Gasteiger partial charge on any atom is 0.360 e. The van der Waals surface area contributed by atoms with Crippen molar-refractivity contribution in [2.24, 2.45) is 0 Å². The molecule has 2 aromatic rings. The Morgan fingerprint density at radius 1 is 1.37 bits per heavy atom. The molecule has 6 heteroatoms. The van der Waals surface area contributed by atoms with E-state index in [2.05, 4.69) is 15.0 Å². The quantitative estimate of drug-likeness (QED) is 0.793. The number of hydrogen-bond donors (Lipinski definition) is 0. The highest BCUT2D eigenvalue weighted by Gasteiger charge is 2.20. The van der Waals surface area contributed by atoms with Gasteiger partial charge in [0.25, 0.3) is 0 Å². The Balaban J connectivity index is 2.48. The van der Waals surface area contributed by atoms with E-state index in [1.54, 1.807) is 12.1 Å². The summed E-state index contributed by atoms with van der Waals surface area (Å²) >= 11 is 0. The maximum absolute atomic E-state index is 12.9. The third kappa shape index (κ3) is 2.62. The highest BCUT2D eigenvalue weighted by atomic mass is 19.1. The fourth-order valence-electron chi connectivity index (χ4n) is 1.81. The Bertz CT molecular complexity index is 578. The second-order valence-electron chi connectivity index (χ2n) is 4.01. The van der Waals surface area contributed by atoms with E-state index in [4.69, 9.17) is 0 Å². The van der Waals surface area contributed by atoms with Crippen LogP contribution in [0, 0.1) is 5.82 Å². The standard InChI is InChI=1S/C13H14FN3O2/c1-3-4-11-12(13(18)19-2)15-16-17(11)10-7-5-9(14)6-8-10/h5-8H,3-4H2,1-2H3. The summed E-state index contributed by atoms with van der Waals surface area (Å²) in [6.07, 6.45) is 1.47. The summed E-state index contributed by atoms with van der Waals surface area (Å²) in [6, 6.07) is 5.85. The van der Waals surface area contributed by atoms with Gasteiger partial charge in [-0.05, 0) is 30.7 Å². The van der Waals surface area contributed by atoms with Crippen LogP contribution in [-0.2, 0) is 11.2 Å². The molecule has 0 fully saturated rings. The molecule has 0 unspecified atom stereocenters. The molecule has 2 rings (SSSR count). The number of aromatic nitrogens is 3. The van der Waals surface area contributed by atoms with Crippen LogP contribution in [-0.4, -0.2) is 28.1 Å². The van der Waals surface area contributed by atoms with Crippen LogP contribution in [0.4, 0.5) is 4.39 Å². The lowest BCUT2D eigenvalue weighted by atomic mass is 10.2. The topological polar surface area (TPSA) is 57.0 Å². The number of hydrogen-bond acceptors (Lipinski definition) is 4. The van der Waals surface area contributed by atoms with Crippen molar-refractivity contribution in [2.75, 3.05) is 7.11 Å². The van der Waals surface area contributed by atoms with E-state index in [-0.39, 0.29) is 11.5 Å². The Morgan fingerprint density at radius 3 is 2.63 bits per heavy atom. The predicted molar refractivity (Wildman–Crippen MR) is 66.7 cm³/mol. The van der Waals surface area contributed by atoms with Gasteiger partial charge in [0.2, 0.25) is 0 Å². The SMILES string of the molecule is CCCc1c(C(=O)OC)nnn1-c1ccc(F)cc1. The number of carbonyl (C=O) groups excluding carboxylic acids is 1. The monoisotopic (exact) mass is 263 g/mol. The Labute approximate surface area is 110 Å². The summed E-state index contributed by atoms with van der Waals surface area (Å²) in [7, 11) is 1.30. The molecule has 0 bridgehead atoms. The van der Waals surface area contributed by atoms with Crippen molar-refractivity contribution >= 4 is 5.97 Å². The molecular weight excluding hydrogens is 249 g/mol. The number of halogens is 1. The van der Waals surface area contributed by atoms with E-state index in [0.717, 1.165) is 6.42 Å². The molecule has 0 atom stereocenters. The third-order valence-corrected chi connectivity index (χ3v) is 2.70. The number of methoxy groups -OCH3 is 1. The minimum absolute atomic E-state index is 0.202. The van der Waals surface area contributed by atoms with Crippen LogP contribution >= 0.6 is 0 Å². The molecule has 0 saturated heterocycles. The van der Waals surface area contributed by atoms with Gasteiger partial charge in [-0.1, -0.05) is 18.6 Å². The summed E-state index contributed by atoms with van der Waals surface area (Å²) in [5.74, 6) is -0.842. The van der Waals surface area contributed by atoms with Crippen LogP contribution in [0.5, 0.6) is 0 Å². The number of rotatable bonds is 4. The summed E-state index contributed by atoms with van der Waals surface area (Å²) < 4.78 is 19.1. The molecule has 19 heavy (non-hydrogen) atoms. The van der Waals surface area contributed by atoms with Gasteiger partial charge in [0.05, 0.1) is 18.5 Å². The fourth-order valence-corrected chi connectivity index (χ4v) is 1.81. The molecule has 100 valence electrons. The molecule has 1 heterocycles. The first kappa shape index (κ1) is 13.2. The number of benzene rings is 1. The van der Waals surface area contributed by atoms with Gasteiger partial charge in [-0.15, -0.1) is 5.10 Å². The first-order valence-electron chi connectivity index (χ1n) is 5.96. The molecule has 5 nitrogen and oxygen atoms in total. The fraction of sp³-hybridized carbons (Fsp3) is 0.308. The molecule has 0 aliphatic heterocycles. The van der Waals surface area contributed by atoms with Crippen molar-refractivity contribution < 1.29 is 13.9 Å². The molecule has 0 aliphatic carbocycles. The van der Waals surface area contributed by atoms with Crippen LogP contribution in [0.25, 0.3) is 5.69 Å². The maximum atomic E-state index is 12.9. The van der Waals surface area contributed by atoms with E-state index < -0.39 is 5.97 Å². The molecule has 0 radical (unpaired) electrons. The van der Waals surface area contributed by atoms with E-state index in [1.807, 2.05) is 6.92 Å². The lowest BCUT2D eigenvalue weighted by Gasteiger charge is -2.06. The lowest BCUT2D eigenvalue weighted by molar-refractivity contribution is 0.0592. The first-order chi connectivity index (χ1) is 9.17. The number of nitrogens with zero attached hydrogens (tertiary/aromatic N) is 3. The Hall–Kier alpha value is -2.24. The van der Waals surface area contributed by atoms with Crippen LogP contribution in [0.15, 0.2) is 24.3 Å². The Kier molecular flexibility index (Phi) is 3.89. The zero-order valence-corrected chi connectivity index (χ0v) is 10.8. The molecule has 0 amide bonds. The van der Waals surface area contributed by atoms with Gasteiger partial charge in [0.1, 0.15) is 5.82 Å². The molecular formula is C13H14FN3O2. The van der Waals surface area contributed by atoms with E-state index in [1.165, 1.54) is 23.9 Å². The van der Waals surface area contributed by atoms with Crippen molar-refractivity contribution in [1.82, 2.24) is 15.0 Å². The minimum Gasteiger partial charge on any atom is -0.464 e. The van der Waals surface area contributed by atoms with E-state index in [0.29, 0.717) is 17.8 Å². The van der Waals surface area contributed by atoms with Crippen molar-refractivity contribution in [2.45, 2.75) is 19.8 Å². The number of esters is 1. The first-order valence-corrected chi connectivity index (χ1v) is 5.96. The summed E-state index contributed by atoms with van der Waals surface area (Å²) in [6.45, 7) is 1.99. The molecule has 0 aliphatic rings. The summed E-state index contributed by atoms with van der Waals surface area (Å²) in [5.41, 5.74) is 1.53. The normalized spacial score (nSPS) is 10.5. The van der Waals surface area contributed by atoms with E-state index >= 15 is 0 Å². The zero-order chi connectivity index (χ0) is 13.8. The van der Waals surface area contributed by atoms with Crippen LogP contribution in [0.3, 0.4) is 0 Å². The highest BCUT2D eigenvalue weighted by Crippen LogP contribution is 2.16. The highest BCUT2D eigenvalue weighted by molar-refractivity contribution is 5.88. The van der Waals surface area contributed by atoms with Crippen molar-refractivity contribution in [3.8, 4) is 5.69 Å². The van der Waals surface area contributed by atoms with Crippen LogP contribution in [0.2, 0.25) is 0 Å². The van der Waals surface area contributed by atoms with Gasteiger partial charge in [0.15, 0.2) is 5.69 Å². The number of ether oxygens (including phenoxy) is 1. The molecule has 1 aromatic heterocycles. The second-order valence-corrected chi connectivity index (χ2v) is 4.01. The zero-order valence-electron chi connectivity index (χ0n) is 10.8. The van der Waals surface area contributed by atoms with Crippen LogP contribution < -0.4 is 0 Å². The second kappa shape index (κ2) is 5.60. The Morgan fingerprint density at radius 2 is 2.05 bits per heavy atom. The van der Waals surface area contributed by atoms with Crippen LogP contribution in [0.1, 0.15) is 29.5 Å². The smallest absolute Gasteiger partial charge is 0.360 e. The number of carbonyl (C=O) groups is 1. The van der Waals surface area contributed by atoms with Crippen molar-refractivity contribution in [1.29, 1.82) is 0 Å². The summed E-state index contributed by atoms with van der Waals surface area (Å²) in [5, 5.41) is 7.80. The van der Waals surface area contributed by atoms with Gasteiger partial charge in [-0.25, -0.2) is 13.9 Å². The molecule has 0 saturated carbocycles. The minimum atomic E-state index is -0.517. The lowest BCUT2D eigenvalue weighted by Crippen LogP contribution is -2.08. The predicted octanol–water partition coefficient (Wildman–Crippen LogP) is 2.15.